The monoisotopic (exact) mass is 241 g/mol. The minimum absolute atomic E-state index is 0.0143. The lowest BCUT2D eigenvalue weighted by molar-refractivity contribution is -0.384. The minimum Gasteiger partial charge on any atom is -0.378 e. The van der Waals surface area contributed by atoms with Crippen LogP contribution in [0.2, 0.25) is 0 Å². The third-order valence-electron chi connectivity index (χ3n) is 2.02. The van der Waals surface area contributed by atoms with E-state index in [1.54, 1.807) is 17.8 Å². The highest BCUT2D eigenvalue weighted by Crippen LogP contribution is 2.24. The van der Waals surface area contributed by atoms with Crippen LogP contribution in [0.5, 0.6) is 0 Å². The molecular formula is C10H15N3O2S. The van der Waals surface area contributed by atoms with E-state index in [-0.39, 0.29) is 11.5 Å². The summed E-state index contributed by atoms with van der Waals surface area (Å²) in [5, 5.41) is 11.3. The van der Waals surface area contributed by atoms with E-state index in [1.165, 1.54) is 6.07 Å². The molecular weight excluding hydrogens is 226 g/mol. The molecule has 0 aliphatic carbocycles. The van der Waals surface area contributed by atoms with E-state index in [0.29, 0.717) is 5.92 Å². The van der Waals surface area contributed by atoms with Crippen molar-refractivity contribution in [3.05, 3.63) is 22.2 Å². The van der Waals surface area contributed by atoms with Crippen LogP contribution >= 0.6 is 11.8 Å². The van der Waals surface area contributed by atoms with Crippen molar-refractivity contribution in [3.63, 3.8) is 0 Å². The summed E-state index contributed by atoms with van der Waals surface area (Å²) >= 11 is 1.57. The van der Waals surface area contributed by atoms with Gasteiger partial charge in [-0.3, -0.25) is 10.1 Å². The summed E-state index contributed by atoms with van der Waals surface area (Å²) in [4.78, 5) is 14.0. The number of pyridine rings is 1. The minimum atomic E-state index is -0.523. The Labute approximate surface area is 98.6 Å². The van der Waals surface area contributed by atoms with E-state index in [9.17, 15) is 10.1 Å². The van der Waals surface area contributed by atoms with Crippen LogP contribution in [0.15, 0.2) is 17.2 Å². The molecule has 1 heterocycles. The van der Waals surface area contributed by atoms with Gasteiger partial charge in [0.05, 0.1) is 9.95 Å². The van der Waals surface area contributed by atoms with Crippen molar-refractivity contribution in [2.75, 3.05) is 11.5 Å². The lowest BCUT2D eigenvalue weighted by atomic mass is 10.2. The van der Waals surface area contributed by atoms with Gasteiger partial charge in [0.25, 0.3) is 0 Å². The Bertz CT molecular complexity index is 382. The normalized spacial score (nSPS) is 10.7. The highest BCUT2D eigenvalue weighted by molar-refractivity contribution is 7.99. The molecule has 0 aromatic carbocycles. The largest absolute Gasteiger partial charge is 0.378 e. The molecule has 1 aromatic heterocycles. The molecule has 0 saturated carbocycles. The van der Waals surface area contributed by atoms with Crippen molar-refractivity contribution in [3.8, 4) is 0 Å². The van der Waals surface area contributed by atoms with Gasteiger partial charge in [-0.25, -0.2) is 4.98 Å². The van der Waals surface area contributed by atoms with Gasteiger partial charge in [0, 0.05) is 6.07 Å². The van der Waals surface area contributed by atoms with Gasteiger partial charge >= 0.3 is 5.69 Å². The zero-order valence-electron chi connectivity index (χ0n) is 9.34. The van der Waals surface area contributed by atoms with Gasteiger partial charge in [0.1, 0.15) is 0 Å². The number of rotatable bonds is 5. The number of nitrogens with two attached hydrogens (primary N) is 1. The number of anilines is 1. The smallest absolute Gasteiger partial charge is 0.311 e. The van der Waals surface area contributed by atoms with Gasteiger partial charge in [-0.1, -0.05) is 13.8 Å². The molecule has 1 rings (SSSR count). The molecule has 2 N–H and O–H groups in total. The maximum Gasteiger partial charge on any atom is 0.311 e. The Balaban J connectivity index is 2.63. The number of hydrogen-bond acceptors (Lipinski definition) is 5. The van der Waals surface area contributed by atoms with E-state index in [4.69, 9.17) is 5.73 Å². The number of thioether (sulfide) groups is 1. The first-order chi connectivity index (χ1) is 7.50. The molecule has 0 spiro atoms. The maximum absolute atomic E-state index is 10.5. The highest BCUT2D eigenvalue weighted by Gasteiger charge is 2.12. The predicted molar refractivity (Wildman–Crippen MR) is 65.5 cm³/mol. The molecule has 16 heavy (non-hydrogen) atoms. The van der Waals surface area contributed by atoms with Crippen LogP contribution in [0, 0.1) is 16.0 Å². The summed E-state index contributed by atoms with van der Waals surface area (Å²) in [6.45, 7) is 4.30. The SMILES string of the molecule is CC(C)CCSc1ccc([N+](=O)[O-])c(N)n1. The first-order valence-electron chi connectivity index (χ1n) is 5.04. The first kappa shape index (κ1) is 12.8. The molecule has 88 valence electrons. The second-order valence-corrected chi connectivity index (χ2v) is 4.96. The second kappa shape index (κ2) is 5.69. The highest BCUT2D eigenvalue weighted by atomic mass is 32.2. The lowest BCUT2D eigenvalue weighted by Gasteiger charge is -2.04. The Morgan fingerprint density at radius 2 is 2.25 bits per heavy atom. The zero-order valence-corrected chi connectivity index (χ0v) is 10.2. The van der Waals surface area contributed by atoms with Gasteiger partial charge in [0.15, 0.2) is 0 Å². The van der Waals surface area contributed by atoms with Gasteiger partial charge in [-0.2, -0.15) is 0 Å². The molecule has 5 nitrogen and oxygen atoms in total. The Kier molecular flexibility index (Phi) is 4.54. The molecule has 0 aliphatic heterocycles. The standard InChI is InChI=1S/C10H15N3O2S/c1-7(2)5-6-16-9-4-3-8(13(14)15)10(11)12-9/h3-4,7H,5-6H2,1-2H3,(H2,11,12). The van der Waals surface area contributed by atoms with E-state index in [0.717, 1.165) is 17.2 Å². The fourth-order valence-electron chi connectivity index (χ4n) is 1.08. The van der Waals surface area contributed by atoms with Crippen molar-refractivity contribution < 1.29 is 4.92 Å². The van der Waals surface area contributed by atoms with E-state index in [2.05, 4.69) is 18.8 Å². The van der Waals surface area contributed by atoms with Crippen molar-refractivity contribution in [2.24, 2.45) is 5.92 Å². The molecule has 0 unspecified atom stereocenters. The summed E-state index contributed by atoms with van der Waals surface area (Å²) in [5.41, 5.74) is 5.36. The molecule has 0 aliphatic rings. The number of nitro groups is 1. The summed E-state index contributed by atoms with van der Waals surface area (Å²) in [6.07, 6.45) is 1.09. The van der Waals surface area contributed by atoms with E-state index >= 15 is 0 Å². The molecule has 0 saturated heterocycles. The van der Waals surface area contributed by atoms with Crippen LogP contribution in [0.1, 0.15) is 20.3 Å². The summed E-state index contributed by atoms with van der Waals surface area (Å²) in [6, 6.07) is 3.04. The number of nitrogens with zero attached hydrogens (tertiary/aromatic N) is 2. The molecule has 0 fully saturated rings. The summed E-state index contributed by atoms with van der Waals surface area (Å²) in [5.74, 6) is 1.57. The third-order valence-corrected chi connectivity index (χ3v) is 2.98. The van der Waals surface area contributed by atoms with Crippen LogP contribution in [0.25, 0.3) is 0 Å². The number of aromatic nitrogens is 1. The Hall–Kier alpha value is -1.30. The predicted octanol–water partition coefficient (Wildman–Crippen LogP) is 2.71. The Morgan fingerprint density at radius 3 is 2.75 bits per heavy atom. The molecule has 6 heteroatoms. The van der Waals surface area contributed by atoms with Crippen LogP contribution in [-0.4, -0.2) is 15.7 Å². The van der Waals surface area contributed by atoms with Crippen molar-refractivity contribution in [2.45, 2.75) is 25.3 Å². The fraction of sp³-hybridized carbons (Fsp3) is 0.500. The van der Waals surface area contributed by atoms with Crippen LogP contribution in [0.3, 0.4) is 0 Å². The molecule has 0 bridgehead atoms. The van der Waals surface area contributed by atoms with E-state index < -0.39 is 4.92 Å². The van der Waals surface area contributed by atoms with Crippen molar-refractivity contribution >= 4 is 23.3 Å². The van der Waals surface area contributed by atoms with Crippen LogP contribution in [0.4, 0.5) is 11.5 Å². The zero-order chi connectivity index (χ0) is 12.1. The maximum atomic E-state index is 10.5. The number of hydrogen-bond donors (Lipinski definition) is 1. The molecule has 0 atom stereocenters. The van der Waals surface area contributed by atoms with Gasteiger partial charge in [-0.15, -0.1) is 11.8 Å². The van der Waals surface area contributed by atoms with E-state index in [1.807, 2.05) is 0 Å². The summed E-state index contributed by atoms with van der Waals surface area (Å²) < 4.78 is 0. The first-order valence-corrected chi connectivity index (χ1v) is 6.03. The fourth-order valence-corrected chi connectivity index (χ4v) is 2.21. The van der Waals surface area contributed by atoms with Gasteiger partial charge in [-0.05, 0) is 24.2 Å². The van der Waals surface area contributed by atoms with Crippen LogP contribution < -0.4 is 5.73 Å². The third kappa shape index (κ3) is 3.69. The lowest BCUT2D eigenvalue weighted by Crippen LogP contribution is -1.99. The topological polar surface area (TPSA) is 82.0 Å². The van der Waals surface area contributed by atoms with Gasteiger partial charge < -0.3 is 5.73 Å². The quantitative estimate of drug-likeness (QED) is 0.487. The molecule has 1 aromatic rings. The summed E-state index contributed by atoms with van der Waals surface area (Å²) in [7, 11) is 0. The van der Waals surface area contributed by atoms with Gasteiger partial charge in [0.2, 0.25) is 5.82 Å². The average molecular weight is 241 g/mol. The molecule has 0 amide bonds. The average Bonchev–Trinajstić information content (AvgIpc) is 2.16. The van der Waals surface area contributed by atoms with Crippen molar-refractivity contribution in [1.82, 2.24) is 4.98 Å². The van der Waals surface area contributed by atoms with Crippen molar-refractivity contribution in [1.29, 1.82) is 0 Å². The molecule has 0 radical (unpaired) electrons. The van der Waals surface area contributed by atoms with Crippen LogP contribution in [-0.2, 0) is 0 Å². The Morgan fingerprint density at radius 1 is 1.56 bits per heavy atom. The second-order valence-electron chi connectivity index (χ2n) is 3.84. The number of nitrogen functional groups attached to an aromatic ring is 1.